The van der Waals surface area contributed by atoms with E-state index in [-0.39, 0.29) is 12.1 Å². The summed E-state index contributed by atoms with van der Waals surface area (Å²) in [7, 11) is -0.872. The number of halogens is 3. The van der Waals surface area contributed by atoms with Crippen molar-refractivity contribution >= 4 is 18.7 Å². The molecule has 1 saturated heterocycles. The van der Waals surface area contributed by atoms with Gasteiger partial charge in [-0.3, -0.25) is 0 Å². The molecule has 2 rings (SSSR count). The molecule has 0 aromatic heterocycles. The Kier molecular flexibility index (Phi) is 4.62. The summed E-state index contributed by atoms with van der Waals surface area (Å²) in [5, 5.41) is 10.8. The van der Waals surface area contributed by atoms with Crippen molar-refractivity contribution in [3.8, 4) is 0 Å². The summed E-state index contributed by atoms with van der Waals surface area (Å²) in [5.41, 5.74) is -1.64. The Hall–Kier alpha value is -1.74. The minimum absolute atomic E-state index is 0.158. The van der Waals surface area contributed by atoms with E-state index >= 15 is 0 Å². The third-order valence-corrected chi connectivity index (χ3v) is 4.41. The third-order valence-electron chi connectivity index (χ3n) is 4.41. The number of carbonyl (C=O) groups is 1. The zero-order valence-corrected chi connectivity index (χ0v) is 13.8. The largest absolute Gasteiger partial charge is 0.495 e. The highest BCUT2D eigenvalue weighted by atomic mass is 19.4. The van der Waals surface area contributed by atoms with Crippen LogP contribution in [-0.2, 0) is 22.0 Å². The second-order valence-electron chi connectivity index (χ2n) is 6.66. The van der Waals surface area contributed by atoms with E-state index in [9.17, 15) is 18.0 Å². The van der Waals surface area contributed by atoms with Crippen LogP contribution in [0.15, 0.2) is 18.2 Å². The molecule has 1 aliphatic rings. The monoisotopic (exact) mass is 345 g/mol. The van der Waals surface area contributed by atoms with Gasteiger partial charge in [-0.05, 0) is 44.8 Å². The van der Waals surface area contributed by atoms with Crippen LogP contribution in [-0.4, -0.2) is 29.5 Å². The quantitative estimate of drug-likeness (QED) is 0.827. The Morgan fingerprint density at radius 1 is 1.21 bits per heavy atom. The van der Waals surface area contributed by atoms with Gasteiger partial charge in [-0.15, -0.1) is 0 Å². The van der Waals surface area contributed by atoms with Gasteiger partial charge in [0.05, 0.1) is 16.8 Å². The van der Waals surface area contributed by atoms with Crippen LogP contribution in [0.2, 0.25) is 0 Å². The molecule has 0 saturated carbocycles. The highest BCUT2D eigenvalue weighted by Crippen LogP contribution is 2.37. The molecule has 1 amide bonds. The molecule has 1 fully saturated rings. The number of nitrogens with one attached hydrogen (secondary N) is 1. The van der Waals surface area contributed by atoms with E-state index in [4.69, 9.17) is 14.4 Å². The molecule has 0 unspecified atom stereocenters. The van der Waals surface area contributed by atoms with E-state index in [0.29, 0.717) is 5.46 Å². The number of hydrogen-bond acceptors (Lipinski definition) is 3. The van der Waals surface area contributed by atoms with Crippen LogP contribution in [0.5, 0.6) is 0 Å². The molecular formula is C15H19BF3NO4. The van der Waals surface area contributed by atoms with Gasteiger partial charge in [-0.25, -0.2) is 4.79 Å². The van der Waals surface area contributed by atoms with Crippen LogP contribution >= 0.6 is 0 Å². The van der Waals surface area contributed by atoms with Gasteiger partial charge in [-0.1, -0.05) is 12.1 Å². The van der Waals surface area contributed by atoms with Gasteiger partial charge in [0, 0.05) is 6.54 Å². The van der Waals surface area contributed by atoms with Crippen LogP contribution in [0, 0.1) is 0 Å². The Morgan fingerprint density at radius 3 is 2.21 bits per heavy atom. The summed E-state index contributed by atoms with van der Waals surface area (Å²) in [4.78, 5) is 10.7. The lowest BCUT2D eigenvalue weighted by Gasteiger charge is -2.32. The highest BCUT2D eigenvalue weighted by molar-refractivity contribution is 6.62. The van der Waals surface area contributed by atoms with Crippen molar-refractivity contribution in [3.63, 3.8) is 0 Å². The predicted molar refractivity (Wildman–Crippen MR) is 82.0 cm³/mol. The fraction of sp³-hybridized carbons (Fsp3) is 0.533. The average Bonchev–Trinajstić information content (AvgIpc) is 2.63. The third kappa shape index (κ3) is 3.67. The fourth-order valence-electron chi connectivity index (χ4n) is 2.31. The molecule has 24 heavy (non-hydrogen) atoms. The molecule has 0 atom stereocenters. The molecule has 1 aromatic carbocycles. The van der Waals surface area contributed by atoms with Gasteiger partial charge in [0.25, 0.3) is 0 Å². The first-order valence-corrected chi connectivity index (χ1v) is 7.36. The minimum atomic E-state index is -4.52. The average molecular weight is 345 g/mol. The number of benzene rings is 1. The molecule has 2 N–H and O–H groups in total. The lowest BCUT2D eigenvalue weighted by Crippen LogP contribution is -2.41. The van der Waals surface area contributed by atoms with Gasteiger partial charge < -0.3 is 19.7 Å². The second kappa shape index (κ2) is 5.96. The normalized spacial score (nSPS) is 19.4. The minimum Gasteiger partial charge on any atom is -0.465 e. The number of alkyl halides is 3. The van der Waals surface area contributed by atoms with Crippen LogP contribution < -0.4 is 10.8 Å². The Bertz CT molecular complexity index is 630. The smallest absolute Gasteiger partial charge is 0.465 e. The van der Waals surface area contributed by atoms with E-state index in [0.717, 1.165) is 12.1 Å². The van der Waals surface area contributed by atoms with Gasteiger partial charge in [0.1, 0.15) is 0 Å². The molecule has 1 heterocycles. The van der Waals surface area contributed by atoms with E-state index in [2.05, 4.69) is 5.32 Å². The van der Waals surface area contributed by atoms with Crippen LogP contribution in [0.3, 0.4) is 0 Å². The molecule has 132 valence electrons. The standard InChI is InChI=1S/C15H19BF3NO4/c1-13(2)14(3,4)24-16(23-13)11-6-5-10(15(17,18)19)7-9(11)8-20-12(21)22/h5-7,20H,8H2,1-4H3,(H,21,22). The Morgan fingerprint density at radius 2 is 1.75 bits per heavy atom. The first-order chi connectivity index (χ1) is 10.8. The Balaban J connectivity index is 2.40. The fourth-order valence-corrected chi connectivity index (χ4v) is 2.31. The van der Waals surface area contributed by atoms with Gasteiger partial charge in [0.2, 0.25) is 0 Å². The topological polar surface area (TPSA) is 67.8 Å². The molecule has 1 aromatic rings. The van der Waals surface area contributed by atoms with Crippen molar-refractivity contribution in [2.75, 3.05) is 0 Å². The van der Waals surface area contributed by atoms with E-state index in [1.165, 1.54) is 6.07 Å². The summed E-state index contributed by atoms with van der Waals surface area (Å²) in [6.07, 6.45) is -5.85. The molecule has 0 radical (unpaired) electrons. The second-order valence-corrected chi connectivity index (χ2v) is 6.66. The molecule has 5 nitrogen and oxygen atoms in total. The zero-order valence-electron chi connectivity index (χ0n) is 13.8. The predicted octanol–water partition coefficient (Wildman–Crippen LogP) is 2.77. The first kappa shape index (κ1) is 18.6. The summed E-state index contributed by atoms with van der Waals surface area (Å²) in [6.45, 7) is 7.02. The molecule has 0 spiro atoms. The van der Waals surface area contributed by atoms with E-state index in [1.807, 2.05) is 27.7 Å². The van der Waals surface area contributed by atoms with Crippen LogP contribution in [0.4, 0.5) is 18.0 Å². The summed E-state index contributed by atoms with van der Waals surface area (Å²) < 4.78 is 50.5. The van der Waals surface area contributed by atoms with Crippen molar-refractivity contribution in [2.45, 2.75) is 51.6 Å². The maximum Gasteiger partial charge on any atom is 0.495 e. The lowest BCUT2D eigenvalue weighted by molar-refractivity contribution is -0.137. The first-order valence-electron chi connectivity index (χ1n) is 7.36. The summed E-state index contributed by atoms with van der Waals surface area (Å²) >= 11 is 0. The van der Waals surface area contributed by atoms with Crippen molar-refractivity contribution < 1.29 is 32.4 Å². The molecular weight excluding hydrogens is 326 g/mol. The van der Waals surface area contributed by atoms with Crippen molar-refractivity contribution in [1.29, 1.82) is 0 Å². The molecule has 0 bridgehead atoms. The van der Waals surface area contributed by atoms with Crippen molar-refractivity contribution in [1.82, 2.24) is 5.32 Å². The van der Waals surface area contributed by atoms with Crippen molar-refractivity contribution in [2.24, 2.45) is 0 Å². The summed E-state index contributed by atoms with van der Waals surface area (Å²) in [5.74, 6) is 0. The Labute approximate surface area is 138 Å². The molecule has 1 aliphatic heterocycles. The number of amides is 1. The number of hydrogen-bond donors (Lipinski definition) is 2. The van der Waals surface area contributed by atoms with Crippen LogP contribution in [0.25, 0.3) is 0 Å². The number of rotatable bonds is 3. The molecule has 9 heteroatoms. The maximum absolute atomic E-state index is 12.9. The lowest BCUT2D eigenvalue weighted by atomic mass is 9.75. The highest BCUT2D eigenvalue weighted by Gasteiger charge is 2.52. The van der Waals surface area contributed by atoms with E-state index in [1.54, 1.807) is 0 Å². The van der Waals surface area contributed by atoms with Gasteiger partial charge in [0.15, 0.2) is 0 Å². The zero-order chi connectivity index (χ0) is 18.3. The van der Waals surface area contributed by atoms with E-state index < -0.39 is 36.2 Å². The number of carboxylic acid groups (broad SMARTS) is 1. The summed E-state index contributed by atoms with van der Waals surface area (Å²) in [6, 6.07) is 3.12. The maximum atomic E-state index is 12.9. The van der Waals surface area contributed by atoms with Gasteiger partial charge in [-0.2, -0.15) is 13.2 Å². The SMILES string of the molecule is CC1(C)OB(c2ccc(C(F)(F)F)cc2CNC(=O)O)OC1(C)C. The van der Waals surface area contributed by atoms with Crippen LogP contribution in [0.1, 0.15) is 38.8 Å². The van der Waals surface area contributed by atoms with Gasteiger partial charge >= 0.3 is 19.4 Å². The molecule has 0 aliphatic carbocycles. The van der Waals surface area contributed by atoms with Crippen molar-refractivity contribution in [3.05, 3.63) is 29.3 Å².